The Bertz CT molecular complexity index is 279. The van der Waals surface area contributed by atoms with Crippen molar-refractivity contribution in [3.63, 3.8) is 0 Å². The first kappa shape index (κ1) is 12.9. The van der Waals surface area contributed by atoms with Crippen LogP contribution >= 0.6 is 0 Å². The minimum absolute atomic E-state index is 0.200. The summed E-state index contributed by atoms with van der Waals surface area (Å²) in [7, 11) is 0. The number of hydrogen-bond acceptors (Lipinski definition) is 2. The van der Waals surface area contributed by atoms with Crippen LogP contribution in [0.5, 0.6) is 0 Å². The van der Waals surface area contributed by atoms with Crippen molar-refractivity contribution >= 4 is 5.91 Å². The summed E-state index contributed by atoms with van der Waals surface area (Å²) in [6.07, 6.45) is 6.18. The quantitative estimate of drug-likeness (QED) is 0.768. The lowest BCUT2D eigenvalue weighted by Crippen LogP contribution is -2.40. The van der Waals surface area contributed by atoms with Crippen molar-refractivity contribution in [1.82, 2.24) is 5.32 Å². The molecule has 3 nitrogen and oxygen atoms in total. The van der Waals surface area contributed by atoms with Crippen LogP contribution in [0.1, 0.15) is 46.0 Å². The zero-order chi connectivity index (χ0) is 12.4. The van der Waals surface area contributed by atoms with Gasteiger partial charge in [-0.3, -0.25) is 4.79 Å². The summed E-state index contributed by atoms with van der Waals surface area (Å²) in [6.45, 7) is 4.77. The second-order valence-electron chi connectivity index (χ2n) is 6.21. The molecule has 0 spiro atoms. The Morgan fingerprint density at radius 1 is 1.35 bits per heavy atom. The predicted octanol–water partition coefficient (Wildman–Crippen LogP) is 1.91. The average molecular weight is 238 g/mol. The van der Waals surface area contributed by atoms with Crippen molar-refractivity contribution in [1.29, 1.82) is 0 Å². The third-order valence-corrected chi connectivity index (χ3v) is 4.95. The molecule has 0 aromatic heterocycles. The van der Waals surface area contributed by atoms with Crippen molar-refractivity contribution in [2.75, 3.05) is 6.54 Å². The summed E-state index contributed by atoms with van der Waals surface area (Å²) in [6, 6.07) is 0.200. The van der Waals surface area contributed by atoms with Crippen molar-refractivity contribution in [3.8, 4) is 0 Å². The number of rotatable bonds is 5. The first-order chi connectivity index (χ1) is 8.10. The summed E-state index contributed by atoms with van der Waals surface area (Å²) in [5.41, 5.74) is 5.61. The number of amides is 1. The first-order valence-corrected chi connectivity index (χ1v) is 7.09. The smallest absolute Gasteiger partial charge is 0.220 e. The highest BCUT2D eigenvalue weighted by molar-refractivity contribution is 5.76. The molecule has 98 valence electrons. The van der Waals surface area contributed by atoms with E-state index in [1.807, 2.05) is 0 Å². The SMILES string of the molecule is CC(CN)C(C)NC(=O)CC1CC2CCC1C2. The van der Waals surface area contributed by atoms with Gasteiger partial charge in [0.1, 0.15) is 0 Å². The zero-order valence-corrected chi connectivity index (χ0v) is 11.1. The number of carbonyl (C=O) groups excluding carboxylic acids is 1. The van der Waals surface area contributed by atoms with E-state index in [2.05, 4.69) is 19.2 Å². The summed E-state index contributed by atoms with van der Waals surface area (Å²) < 4.78 is 0. The Kier molecular flexibility index (Phi) is 4.08. The molecule has 2 aliphatic carbocycles. The van der Waals surface area contributed by atoms with Gasteiger partial charge in [-0.05, 0) is 56.4 Å². The van der Waals surface area contributed by atoms with E-state index < -0.39 is 0 Å². The normalized spacial score (nSPS) is 34.6. The second kappa shape index (κ2) is 5.38. The van der Waals surface area contributed by atoms with Crippen molar-refractivity contribution in [2.24, 2.45) is 29.4 Å². The molecule has 3 heteroatoms. The number of hydrogen-bond donors (Lipinski definition) is 2. The lowest BCUT2D eigenvalue weighted by atomic mass is 9.86. The molecular weight excluding hydrogens is 212 g/mol. The topological polar surface area (TPSA) is 55.1 Å². The fourth-order valence-corrected chi connectivity index (χ4v) is 3.52. The van der Waals surface area contributed by atoms with Crippen LogP contribution < -0.4 is 11.1 Å². The second-order valence-corrected chi connectivity index (χ2v) is 6.21. The van der Waals surface area contributed by atoms with Gasteiger partial charge >= 0.3 is 0 Å². The van der Waals surface area contributed by atoms with Gasteiger partial charge in [-0.1, -0.05) is 13.3 Å². The van der Waals surface area contributed by atoms with E-state index in [4.69, 9.17) is 5.73 Å². The highest BCUT2D eigenvalue weighted by Crippen LogP contribution is 2.49. The summed E-state index contributed by atoms with van der Waals surface area (Å²) in [4.78, 5) is 12.0. The van der Waals surface area contributed by atoms with E-state index >= 15 is 0 Å². The molecular formula is C14H26N2O. The Labute approximate surface area is 105 Å². The highest BCUT2D eigenvalue weighted by atomic mass is 16.1. The molecule has 5 atom stereocenters. The van der Waals surface area contributed by atoms with E-state index in [-0.39, 0.29) is 11.9 Å². The third kappa shape index (κ3) is 3.01. The van der Waals surface area contributed by atoms with E-state index in [9.17, 15) is 4.79 Å². The fourth-order valence-electron chi connectivity index (χ4n) is 3.52. The Hall–Kier alpha value is -0.570. The summed E-state index contributed by atoms with van der Waals surface area (Å²) in [5, 5.41) is 3.10. The van der Waals surface area contributed by atoms with Gasteiger partial charge in [-0.2, -0.15) is 0 Å². The van der Waals surface area contributed by atoms with E-state index in [0.717, 1.165) is 18.3 Å². The molecule has 0 aromatic carbocycles. The molecule has 0 saturated heterocycles. The molecule has 2 saturated carbocycles. The Balaban J connectivity index is 1.74. The summed E-state index contributed by atoms with van der Waals surface area (Å²) in [5.74, 6) is 3.02. The predicted molar refractivity (Wildman–Crippen MR) is 69.4 cm³/mol. The van der Waals surface area contributed by atoms with Crippen molar-refractivity contribution in [3.05, 3.63) is 0 Å². The monoisotopic (exact) mass is 238 g/mol. The number of carbonyl (C=O) groups is 1. The fraction of sp³-hybridized carbons (Fsp3) is 0.929. The molecule has 0 heterocycles. The van der Waals surface area contributed by atoms with E-state index in [1.165, 1.54) is 25.7 Å². The average Bonchev–Trinajstić information content (AvgIpc) is 2.89. The van der Waals surface area contributed by atoms with Gasteiger partial charge in [0.25, 0.3) is 0 Å². The zero-order valence-electron chi connectivity index (χ0n) is 11.1. The van der Waals surface area contributed by atoms with Gasteiger partial charge in [-0.25, -0.2) is 0 Å². The molecule has 0 aliphatic heterocycles. The summed E-state index contributed by atoms with van der Waals surface area (Å²) >= 11 is 0. The Morgan fingerprint density at radius 2 is 2.12 bits per heavy atom. The van der Waals surface area contributed by atoms with E-state index in [0.29, 0.717) is 18.4 Å². The largest absolute Gasteiger partial charge is 0.353 e. The van der Waals surface area contributed by atoms with Crippen LogP contribution in [0.4, 0.5) is 0 Å². The molecule has 2 fully saturated rings. The molecule has 3 N–H and O–H groups in total. The number of nitrogens with one attached hydrogen (secondary N) is 1. The maximum Gasteiger partial charge on any atom is 0.220 e. The van der Waals surface area contributed by atoms with Gasteiger partial charge < -0.3 is 11.1 Å². The van der Waals surface area contributed by atoms with Crippen LogP contribution in [0.2, 0.25) is 0 Å². The third-order valence-electron chi connectivity index (χ3n) is 4.95. The van der Waals surface area contributed by atoms with Crippen molar-refractivity contribution in [2.45, 2.75) is 52.0 Å². The van der Waals surface area contributed by atoms with Crippen LogP contribution in [0.25, 0.3) is 0 Å². The lowest BCUT2D eigenvalue weighted by molar-refractivity contribution is -0.123. The van der Waals surface area contributed by atoms with Gasteiger partial charge in [0.2, 0.25) is 5.91 Å². The maximum absolute atomic E-state index is 12.0. The van der Waals surface area contributed by atoms with Gasteiger partial charge in [0.05, 0.1) is 0 Å². The van der Waals surface area contributed by atoms with Gasteiger partial charge in [-0.15, -0.1) is 0 Å². The molecule has 0 radical (unpaired) electrons. The van der Waals surface area contributed by atoms with Crippen LogP contribution in [0, 0.1) is 23.7 Å². The Morgan fingerprint density at radius 3 is 2.65 bits per heavy atom. The molecule has 2 bridgehead atoms. The van der Waals surface area contributed by atoms with Crippen LogP contribution in [-0.2, 0) is 4.79 Å². The molecule has 0 aromatic rings. The minimum atomic E-state index is 0.200. The molecule has 17 heavy (non-hydrogen) atoms. The number of nitrogens with two attached hydrogens (primary N) is 1. The molecule has 5 unspecified atom stereocenters. The highest BCUT2D eigenvalue weighted by Gasteiger charge is 2.40. The lowest BCUT2D eigenvalue weighted by Gasteiger charge is -2.24. The standard InChI is InChI=1S/C14H26N2O/c1-9(8-15)10(2)16-14(17)7-13-6-11-3-4-12(13)5-11/h9-13H,3-8,15H2,1-2H3,(H,16,17). The maximum atomic E-state index is 12.0. The van der Waals surface area contributed by atoms with Crippen LogP contribution in [0.3, 0.4) is 0 Å². The molecule has 1 amide bonds. The van der Waals surface area contributed by atoms with Crippen LogP contribution in [-0.4, -0.2) is 18.5 Å². The van der Waals surface area contributed by atoms with Gasteiger partial charge in [0, 0.05) is 12.5 Å². The molecule has 2 aliphatic rings. The van der Waals surface area contributed by atoms with Crippen molar-refractivity contribution < 1.29 is 4.79 Å². The number of fused-ring (bicyclic) bond motifs is 2. The van der Waals surface area contributed by atoms with Gasteiger partial charge in [0.15, 0.2) is 0 Å². The first-order valence-electron chi connectivity index (χ1n) is 7.09. The van der Waals surface area contributed by atoms with E-state index in [1.54, 1.807) is 0 Å². The van der Waals surface area contributed by atoms with Crippen LogP contribution in [0.15, 0.2) is 0 Å². The minimum Gasteiger partial charge on any atom is -0.353 e. The molecule has 2 rings (SSSR count).